The summed E-state index contributed by atoms with van der Waals surface area (Å²) in [5, 5.41) is 2.85. The van der Waals surface area contributed by atoms with Crippen molar-refractivity contribution in [1.29, 1.82) is 0 Å². The number of amides is 1. The summed E-state index contributed by atoms with van der Waals surface area (Å²) in [6.07, 6.45) is 0. The van der Waals surface area contributed by atoms with Crippen molar-refractivity contribution >= 4 is 17.3 Å². The lowest BCUT2D eigenvalue weighted by atomic mass is 10.2. The summed E-state index contributed by atoms with van der Waals surface area (Å²) < 4.78 is 0. The first-order valence-corrected chi connectivity index (χ1v) is 5.92. The van der Waals surface area contributed by atoms with Gasteiger partial charge in [0.15, 0.2) is 0 Å². The number of hydrogen-bond donors (Lipinski definition) is 2. The highest BCUT2D eigenvalue weighted by Gasteiger charge is 2.11. The number of nitrogens with zero attached hydrogens (tertiary/aromatic N) is 1. The molecule has 0 spiro atoms. The van der Waals surface area contributed by atoms with E-state index in [1.807, 2.05) is 0 Å². The van der Waals surface area contributed by atoms with E-state index in [2.05, 4.69) is 31.0 Å². The maximum Gasteiger partial charge on any atom is 0.238 e. The van der Waals surface area contributed by atoms with Crippen molar-refractivity contribution < 1.29 is 4.79 Å². The number of likely N-dealkylation sites (N-methyl/N-ethyl adjacent to an activating group) is 1. The molecule has 0 atom stereocenters. The molecule has 0 fully saturated rings. The Bertz CT molecular complexity index is 359. The van der Waals surface area contributed by atoms with Gasteiger partial charge in [0.2, 0.25) is 5.91 Å². The van der Waals surface area contributed by atoms with Crippen molar-refractivity contribution in [2.24, 2.45) is 0 Å². The Morgan fingerprint density at radius 2 is 1.94 bits per heavy atom. The number of nitrogen functional groups attached to an aromatic ring is 1. The molecule has 0 bridgehead atoms. The first-order chi connectivity index (χ1) is 8.02. The van der Waals surface area contributed by atoms with E-state index in [9.17, 15) is 4.79 Å². The van der Waals surface area contributed by atoms with E-state index in [4.69, 9.17) is 5.73 Å². The first kappa shape index (κ1) is 13.5. The normalized spacial score (nSPS) is 10.9. The Morgan fingerprint density at radius 1 is 1.35 bits per heavy atom. The maximum atomic E-state index is 11.8. The van der Waals surface area contributed by atoms with Crippen LogP contribution in [0.4, 0.5) is 11.4 Å². The van der Waals surface area contributed by atoms with E-state index in [1.54, 1.807) is 24.3 Å². The van der Waals surface area contributed by atoms with Gasteiger partial charge in [-0.25, -0.2) is 0 Å². The summed E-state index contributed by atoms with van der Waals surface area (Å²) in [5.41, 5.74) is 7.05. The van der Waals surface area contributed by atoms with Gasteiger partial charge in [-0.15, -0.1) is 0 Å². The number of carbonyl (C=O) groups excluding carboxylic acids is 1. The minimum atomic E-state index is 0.00493. The second-order valence-corrected chi connectivity index (χ2v) is 4.33. The van der Waals surface area contributed by atoms with Crippen molar-refractivity contribution in [3.63, 3.8) is 0 Å². The highest BCUT2D eigenvalue weighted by molar-refractivity contribution is 5.92. The Kier molecular flexibility index (Phi) is 4.97. The third-order valence-corrected chi connectivity index (χ3v) is 2.68. The summed E-state index contributed by atoms with van der Waals surface area (Å²) in [5.74, 6) is 0.00493. The largest absolute Gasteiger partial charge is 0.399 e. The van der Waals surface area contributed by atoms with Crippen molar-refractivity contribution in [2.45, 2.75) is 26.8 Å². The standard InChI is InChI=1S/C13H21N3O/c1-4-16(10(2)3)9-13(17)15-12-7-5-11(14)6-8-12/h5-8,10H,4,9,14H2,1-3H3,(H,15,17). The molecule has 4 heteroatoms. The van der Waals surface area contributed by atoms with Crippen LogP contribution >= 0.6 is 0 Å². The van der Waals surface area contributed by atoms with Gasteiger partial charge in [0, 0.05) is 17.4 Å². The molecule has 1 aromatic rings. The van der Waals surface area contributed by atoms with Crippen molar-refractivity contribution in [2.75, 3.05) is 24.1 Å². The monoisotopic (exact) mass is 235 g/mol. The third kappa shape index (κ3) is 4.44. The molecule has 0 saturated heterocycles. The molecule has 17 heavy (non-hydrogen) atoms. The van der Waals surface area contributed by atoms with Crippen molar-refractivity contribution in [3.8, 4) is 0 Å². The summed E-state index contributed by atoms with van der Waals surface area (Å²) in [4.78, 5) is 13.9. The molecule has 0 aliphatic rings. The van der Waals surface area contributed by atoms with Gasteiger partial charge in [-0.2, -0.15) is 0 Å². The van der Waals surface area contributed by atoms with E-state index >= 15 is 0 Å². The van der Waals surface area contributed by atoms with Crippen LogP contribution in [0.25, 0.3) is 0 Å². The smallest absolute Gasteiger partial charge is 0.238 e. The minimum Gasteiger partial charge on any atom is -0.399 e. The second-order valence-electron chi connectivity index (χ2n) is 4.33. The first-order valence-electron chi connectivity index (χ1n) is 5.92. The van der Waals surface area contributed by atoms with Crippen LogP contribution in [-0.2, 0) is 4.79 Å². The SMILES string of the molecule is CCN(CC(=O)Nc1ccc(N)cc1)C(C)C. The van der Waals surface area contributed by atoms with Gasteiger partial charge in [0.1, 0.15) is 0 Å². The van der Waals surface area contributed by atoms with E-state index in [1.165, 1.54) is 0 Å². The molecular formula is C13H21N3O. The van der Waals surface area contributed by atoms with Crippen molar-refractivity contribution in [3.05, 3.63) is 24.3 Å². The Hall–Kier alpha value is -1.55. The van der Waals surface area contributed by atoms with Crippen LogP contribution in [0, 0.1) is 0 Å². The summed E-state index contributed by atoms with van der Waals surface area (Å²) in [6, 6.07) is 7.53. The number of benzene rings is 1. The lowest BCUT2D eigenvalue weighted by Crippen LogP contribution is -2.37. The number of hydrogen-bond acceptors (Lipinski definition) is 3. The molecule has 0 heterocycles. The number of nitrogens with two attached hydrogens (primary N) is 1. The molecule has 94 valence electrons. The Balaban J connectivity index is 2.52. The van der Waals surface area contributed by atoms with E-state index < -0.39 is 0 Å². The van der Waals surface area contributed by atoms with E-state index in [0.717, 1.165) is 12.2 Å². The quantitative estimate of drug-likeness (QED) is 0.767. The Labute approximate surface area is 103 Å². The zero-order chi connectivity index (χ0) is 12.8. The molecule has 0 radical (unpaired) electrons. The summed E-state index contributed by atoms with van der Waals surface area (Å²) in [7, 11) is 0. The van der Waals surface area contributed by atoms with Crippen molar-refractivity contribution in [1.82, 2.24) is 4.90 Å². The predicted molar refractivity (Wildman–Crippen MR) is 71.9 cm³/mol. The lowest BCUT2D eigenvalue weighted by Gasteiger charge is -2.23. The molecule has 4 nitrogen and oxygen atoms in total. The minimum absolute atomic E-state index is 0.00493. The number of rotatable bonds is 5. The maximum absolute atomic E-state index is 11.8. The average molecular weight is 235 g/mol. The van der Waals surface area contributed by atoms with Gasteiger partial charge < -0.3 is 11.1 Å². The molecule has 0 saturated carbocycles. The zero-order valence-electron chi connectivity index (χ0n) is 10.7. The second kappa shape index (κ2) is 6.25. The van der Waals surface area contributed by atoms with Gasteiger partial charge in [-0.3, -0.25) is 9.69 Å². The van der Waals surface area contributed by atoms with Crippen LogP contribution in [0.3, 0.4) is 0 Å². The van der Waals surface area contributed by atoms with Crippen LogP contribution < -0.4 is 11.1 Å². The van der Waals surface area contributed by atoms with Crippen LogP contribution in [0.1, 0.15) is 20.8 Å². The Morgan fingerprint density at radius 3 is 2.41 bits per heavy atom. The zero-order valence-corrected chi connectivity index (χ0v) is 10.7. The average Bonchev–Trinajstić information content (AvgIpc) is 2.28. The fourth-order valence-corrected chi connectivity index (χ4v) is 1.61. The van der Waals surface area contributed by atoms with Gasteiger partial charge >= 0.3 is 0 Å². The molecule has 0 aliphatic carbocycles. The number of carbonyl (C=O) groups is 1. The van der Waals surface area contributed by atoms with Gasteiger partial charge in [-0.1, -0.05) is 6.92 Å². The number of anilines is 2. The predicted octanol–water partition coefficient (Wildman–Crippen LogP) is 1.94. The molecule has 3 N–H and O–H groups in total. The molecular weight excluding hydrogens is 214 g/mol. The molecule has 0 aliphatic heterocycles. The highest BCUT2D eigenvalue weighted by Crippen LogP contribution is 2.10. The summed E-state index contributed by atoms with van der Waals surface area (Å²) in [6.45, 7) is 7.50. The molecule has 0 aromatic heterocycles. The fourth-order valence-electron chi connectivity index (χ4n) is 1.61. The molecule has 0 unspecified atom stereocenters. The molecule has 1 aromatic carbocycles. The van der Waals surface area contributed by atoms with Crippen LogP contribution in [0.5, 0.6) is 0 Å². The van der Waals surface area contributed by atoms with Gasteiger partial charge in [-0.05, 0) is 44.7 Å². The highest BCUT2D eigenvalue weighted by atomic mass is 16.2. The fraction of sp³-hybridized carbons (Fsp3) is 0.462. The third-order valence-electron chi connectivity index (χ3n) is 2.68. The van der Waals surface area contributed by atoms with Gasteiger partial charge in [0.05, 0.1) is 6.54 Å². The van der Waals surface area contributed by atoms with Crippen LogP contribution in [0.2, 0.25) is 0 Å². The van der Waals surface area contributed by atoms with E-state index in [0.29, 0.717) is 18.3 Å². The lowest BCUT2D eigenvalue weighted by molar-refractivity contribution is -0.117. The number of nitrogens with one attached hydrogen (secondary N) is 1. The topological polar surface area (TPSA) is 58.4 Å². The summed E-state index contributed by atoms with van der Waals surface area (Å²) >= 11 is 0. The molecule has 1 rings (SSSR count). The van der Waals surface area contributed by atoms with Gasteiger partial charge in [0.25, 0.3) is 0 Å². The molecule has 1 amide bonds. The van der Waals surface area contributed by atoms with Crippen LogP contribution in [0.15, 0.2) is 24.3 Å². The van der Waals surface area contributed by atoms with E-state index in [-0.39, 0.29) is 5.91 Å². The van der Waals surface area contributed by atoms with Crippen LogP contribution in [-0.4, -0.2) is 29.9 Å².